The number of hydrogen-bond donors (Lipinski definition) is 2. The van der Waals surface area contributed by atoms with Crippen molar-refractivity contribution in [2.75, 3.05) is 0 Å². The zero-order valence-electron chi connectivity index (χ0n) is 12.4. The largest absolute Gasteiger partial charge is 0.478 e. The summed E-state index contributed by atoms with van der Waals surface area (Å²) in [5, 5.41) is 12.3. The van der Waals surface area contributed by atoms with Crippen molar-refractivity contribution < 1.29 is 14.3 Å². The minimum atomic E-state index is -0.914. The van der Waals surface area contributed by atoms with Crippen molar-refractivity contribution in [3.05, 3.63) is 69.4 Å². The number of carboxylic acid groups (broad SMARTS) is 1. The van der Waals surface area contributed by atoms with Crippen molar-refractivity contribution in [2.45, 2.75) is 31.3 Å². The van der Waals surface area contributed by atoms with E-state index in [2.05, 4.69) is 21.2 Å². The Morgan fingerprint density at radius 2 is 1.91 bits per heavy atom. The molecule has 0 spiro atoms. The first kappa shape index (κ1) is 16.1. The van der Waals surface area contributed by atoms with E-state index in [1.165, 1.54) is 6.07 Å². The Bertz CT molecular complexity index is 711. The molecule has 0 amide bonds. The second-order valence-corrected chi connectivity index (χ2v) is 6.83. The van der Waals surface area contributed by atoms with Crippen molar-refractivity contribution in [1.82, 2.24) is 5.32 Å². The summed E-state index contributed by atoms with van der Waals surface area (Å²) in [6.45, 7) is 0.695. The summed E-state index contributed by atoms with van der Waals surface area (Å²) in [6.07, 6.45) is 1.84. The summed E-state index contributed by atoms with van der Waals surface area (Å²) in [5.74, 6) is -0.787. The Kier molecular flexibility index (Phi) is 4.78. The van der Waals surface area contributed by atoms with E-state index >= 15 is 0 Å². The number of carbonyl (C=O) groups is 1. The van der Waals surface area contributed by atoms with Gasteiger partial charge in [0.25, 0.3) is 0 Å². The molecular weight excluding hydrogens is 361 g/mol. The molecule has 2 aromatic carbocycles. The predicted octanol–water partition coefficient (Wildman–Crippen LogP) is 4.32. The Hall–Kier alpha value is -1.72. The number of rotatable bonds is 5. The predicted molar refractivity (Wildman–Crippen MR) is 90.1 cm³/mol. The standard InChI is InChI=1S/C18H17BrFNO2/c19-14-5-6-16(17(20)9-14)13-7-15(8-13)21-10-11-1-3-12(4-2-11)18(22)23/h1-6,9,13,15,21H,7-8,10H2,(H,22,23). The first-order chi connectivity index (χ1) is 11.0. The lowest BCUT2D eigenvalue weighted by molar-refractivity contribution is 0.0697. The number of benzene rings is 2. The summed E-state index contributed by atoms with van der Waals surface area (Å²) in [5.41, 5.74) is 2.13. The van der Waals surface area contributed by atoms with E-state index in [0.717, 1.165) is 28.4 Å². The van der Waals surface area contributed by atoms with E-state index in [-0.39, 0.29) is 11.7 Å². The third kappa shape index (κ3) is 3.79. The number of aromatic carboxylic acids is 1. The molecule has 0 atom stereocenters. The van der Waals surface area contributed by atoms with Crippen LogP contribution < -0.4 is 5.32 Å². The van der Waals surface area contributed by atoms with E-state index in [9.17, 15) is 9.18 Å². The average Bonchev–Trinajstić information content (AvgIpc) is 2.48. The summed E-state index contributed by atoms with van der Waals surface area (Å²) in [4.78, 5) is 10.8. The van der Waals surface area contributed by atoms with Gasteiger partial charge in [-0.3, -0.25) is 0 Å². The van der Waals surface area contributed by atoms with E-state index < -0.39 is 5.97 Å². The normalized spacial score (nSPS) is 20.1. The summed E-state index contributed by atoms with van der Waals surface area (Å²) < 4.78 is 14.7. The number of halogens is 2. The van der Waals surface area contributed by atoms with Gasteiger partial charge in [-0.1, -0.05) is 34.1 Å². The van der Waals surface area contributed by atoms with Crippen LogP contribution in [0.2, 0.25) is 0 Å². The van der Waals surface area contributed by atoms with Crippen LogP contribution in [0.4, 0.5) is 4.39 Å². The molecule has 0 saturated heterocycles. The minimum absolute atomic E-state index is 0.146. The molecule has 0 unspecified atom stereocenters. The molecule has 1 aliphatic rings. The smallest absolute Gasteiger partial charge is 0.335 e. The molecule has 2 aromatic rings. The van der Waals surface area contributed by atoms with Gasteiger partial charge in [-0.15, -0.1) is 0 Å². The Balaban J connectivity index is 1.49. The van der Waals surface area contributed by atoms with Crippen LogP contribution in [0.25, 0.3) is 0 Å². The lowest BCUT2D eigenvalue weighted by atomic mass is 9.75. The molecule has 23 heavy (non-hydrogen) atoms. The topological polar surface area (TPSA) is 49.3 Å². The van der Waals surface area contributed by atoms with Crippen LogP contribution in [0.1, 0.15) is 40.2 Å². The highest BCUT2D eigenvalue weighted by atomic mass is 79.9. The zero-order chi connectivity index (χ0) is 16.4. The van der Waals surface area contributed by atoms with Crippen LogP contribution in [0, 0.1) is 5.82 Å². The second-order valence-electron chi connectivity index (χ2n) is 5.91. The molecule has 5 heteroatoms. The number of carboxylic acids is 1. The fraction of sp³-hybridized carbons (Fsp3) is 0.278. The van der Waals surface area contributed by atoms with Crippen LogP contribution in [0.5, 0.6) is 0 Å². The molecule has 1 saturated carbocycles. The van der Waals surface area contributed by atoms with E-state index in [1.807, 2.05) is 24.3 Å². The van der Waals surface area contributed by atoms with E-state index in [1.54, 1.807) is 12.1 Å². The third-order valence-electron chi connectivity index (χ3n) is 4.34. The van der Waals surface area contributed by atoms with Crippen LogP contribution in [0.3, 0.4) is 0 Å². The highest BCUT2D eigenvalue weighted by Crippen LogP contribution is 2.38. The molecule has 1 fully saturated rings. The van der Waals surface area contributed by atoms with Crippen LogP contribution >= 0.6 is 15.9 Å². The quantitative estimate of drug-likeness (QED) is 0.815. The Morgan fingerprint density at radius 3 is 2.52 bits per heavy atom. The molecule has 0 radical (unpaired) electrons. The maximum Gasteiger partial charge on any atom is 0.335 e. The van der Waals surface area contributed by atoms with Gasteiger partial charge in [0, 0.05) is 17.1 Å². The number of hydrogen-bond acceptors (Lipinski definition) is 2. The maximum absolute atomic E-state index is 13.9. The number of nitrogens with one attached hydrogen (secondary N) is 1. The van der Waals surface area contributed by atoms with Gasteiger partial charge in [0.2, 0.25) is 0 Å². The third-order valence-corrected chi connectivity index (χ3v) is 4.83. The zero-order valence-corrected chi connectivity index (χ0v) is 14.0. The van der Waals surface area contributed by atoms with Gasteiger partial charge in [-0.05, 0) is 54.2 Å². The minimum Gasteiger partial charge on any atom is -0.478 e. The molecule has 120 valence electrons. The molecule has 0 aromatic heterocycles. The summed E-state index contributed by atoms with van der Waals surface area (Å²) >= 11 is 3.27. The fourth-order valence-electron chi connectivity index (χ4n) is 2.90. The highest BCUT2D eigenvalue weighted by molar-refractivity contribution is 9.10. The molecular formula is C18H17BrFNO2. The first-order valence-corrected chi connectivity index (χ1v) is 8.33. The van der Waals surface area contributed by atoms with Crippen LogP contribution in [-0.4, -0.2) is 17.1 Å². The van der Waals surface area contributed by atoms with Crippen LogP contribution in [0.15, 0.2) is 46.9 Å². The Morgan fingerprint density at radius 1 is 1.22 bits per heavy atom. The van der Waals surface area contributed by atoms with Gasteiger partial charge < -0.3 is 10.4 Å². The van der Waals surface area contributed by atoms with Gasteiger partial charge >= 0.3 is 5.97 Å². The monoisotopic (exact) mass is 377 g/mol. The van der Waals surface area contributed by atoms with Crippen molar-refractivity contribution in [2.24, 2.45) is 0 Å². The van der Waals surface area contributed by atoms with Gasteiger partial charge in [-0.2, -0.15) is 0 Å². The molecule has 0 bridgehead atoms. The highest BCUT2D eigenvalue weighted by Gasteiger charge is 2.31. The van der Waals surface area contributed by atoms with E-state index in [4.69, 9.17) is 5.11 Å². The fourth-order valence-corrected chi connectivity index (χ4v) is 3.23. The molecule has 1 aliphatic carbocycles. The molecule has 3 rings (SSSR count). The van der Waals surface area contributed by atoms with Gasteiger partial charge in [-0.25, -0.2) is 9.18 Å². The Labute approximate surface area is 142 Å². The SMILES string of the molecule is O=C(O)c1ccc(CNC2CC(c3ccc(Br)cc3F)C2)cc1. The van der Waals surface area contributed by atoms with E-state index in [0.29, 0.717) is 18.2 Å². The molecule has 0 heterocycles. The lowest BCUT2D eigenvalue weighted by Crippen LogP contribution is -2.39. The maximum atomic E-state index is 13.9. The molecule has 2 N–H and O–H groups in total. The lowest BCUT2D eigenvalue weighted by Gasteiger charge is -2.36. The molecule has 3 nitrogen and oxygen atoms in total. The van der Waals surface area contributed by atoms with Crippen molar-refractivity contribution >= 4 is 21.9 Å². The first-order valence-electron chi connectivity index (χ1n) is 7.53. The average molecular weight is 378 g/mol. The summed E-state index contributed by atoms with van der Waals surface area (Å²) in [6, 6.07) is 12.5. The van der Waals surface area contributed by atoms with Crippen molar-refractivity contribution in [1.29, 1.82) is 0 Å². The molecule has 0 aliphatic heterocycles. The van der Waals surface area contributed by atoms with Gasteiger partial charge in [0.05, 0.1) is 5.56 Å². The van der Waals surface area contributed by atoms with Crippen LogP contribution in [-0.2, 0) is 6.54 Å². The summed E-state index contributed by atoms with van der Waals surface area (Å²) in [7, 11) is 0. The van der Waals surface area contributed by atoms with Crippen molar-refractivity contribution in [3.8, 4) is 0 Å². The van der Waals surface area contributed by atoms with Gasteiger partial charge in [0.15, 0.2) is 0 Å². The van der Waals surface area contributed by atoms with Crippen molar-refractivity contribution in [3.63, 3.8) is 0 Å². The second kappa shape index (κ2) is 6.81. The van der Waals surface area contributed by atoms with Gasteiger partial charge in [0.1, 0.15) is 5.82 Å².